The Morgan fingerprint density at radius 2 is 2.20 bits per heavy atom. The molecule has 0 aliphatic rings. The van der Waals surface area contributed by atoms with E-state index in [0.717, 1.165) is 9.68 Å². The average molecular weight is 202 g/mol. The van der Waals surface area contributed by atoms with Crippen molar-refractivity contribution >= 4 is 35.2 Å². The van der Waals surface area contributed by atoms with E-state index in [-0.39, 0.29) is 0 Å². The number of hydrogen-bond acceptors (Lipinski definition) is 1. The summed E-state index contributed by atoms with van der Waals surface area (Å²) in [5, 5.41) is 0. The van der Waals surface area contributed by atoms with E-state index >= 15 is 0 Å². The van der Waals surface area contributed by atoms with Crippen molar-refractivity contribution in [2.75, 3.05) is 5.75 Å². The molecule has 0 aromatic carbocycles. The highest BCUT2D eigenvalue weighted by atomic mass is 127. The lowest BCUT2D eigenvalue weighted by Crippen LogP contribution is -1.86. The minimum atomic E-state index is 0.718. The molecule has 0 saturated heterocycles. The van der Waals surface area contributed by atoms with Crippen molar-refractivity contribution < 1.29 is 0 Å². The van der Waals surface area contributed by atoms with Crippen LogP contribution in [0.5, 0.6) is 0 Å². The van der Waals surface area contributed by atoms with Crippen molar-refractivity contribution in [3.63, 3.8) is 0 Å². The van der Waals surface area contributed by atoms with Gasteiger partial charge in [0.2, 0.25) is 0 Å². The normalized spacial score (nSPS) is 15.0. The molecule has 0 spiro atoms. The summed E-state index contributed by atoms with van der Waals surface area (Å²) in [6, 6.07) is 0. The second-order valence-electron chi connectivity index (χ2n) is 0.963. The maximum absolute atomic E-state index is 4.01. The van der Waals surface area contributed by atoms with Crippen LogP contribution >= 0.6 is 35.2 Å². The Kier molecular flexibility index (Phi) is 3.98. The number of thiol groups is 1. The zero-order valence-corrected chi connectivity index (χ0v) is 6.16. The van der Waals surface area contributed by atoms with Gasteiger partial charge in [-0.1, -0.05) is 29.5 Å². The first-order valence-corrected chi connectivity index (χ1v) is 3.40. The van der Waals surface area contributed by atoms with Gasteiger partial charge in [0.1, 0.15) is 0 Å². The fraction of sp³-hybridized carbons (Fsp3) is 1.00. The Hall–Kier alpha value is 1.08. The lowest BCUT2D eigenvalue weighted by atomic mass is 10.6. The second-order valence-corrected chi connectivity index (χ2v) is 3.45. The highest BCUT2D eigenvalue weighted by Crippen LogP contribution is 1.97. The molecule has 32 valence electrons. The zero-order chi connectivity index (χ0) is 4.28. The van der Waals surface area contributed by atoms with E-state index < -0.39 is 0 Å². The van der Waals surface area contributed by atoms with Gasteiger partial charge in [-0.05, 0) is 0 Å². The molecule has 0 heterocycles. The van der Waals surface area contributed by atoms with Crippen LogP contribution in [0.1, 0.15) is 6.92 Å². The smallest absolute Gasteiger partial charge is 0.0169 e. The van der Waals surface area contributed by atoms with Gasteiger partial charge in [0.15, 0.2) is 0 Å². The first-order valence-electron chi connectivity index (χ1n) is 1.52. The van der Waals surface area contributed by atoms with E-state index in [2.05, 4.69) is 42.1 Å². The predicted molar refractivity (Wildman–Crippen MR) is 37.3 cm³/mol. The van der Waals surface area contributed by atoms with Gasteiger partial charge in [-0.25, -0.2) is 0 Å². The third kappa shape index (κ3) is 5.08. The Morgan fingerprint density at radius 3 is 2.20 bits per heavy atom. The summed E-state index contributed by atoms with van der Waals surface area (Å²) in [7, 11) is 0. The summed E-state index contributed by atoms with van der Waals surface area (Å²) in [6.45, 7) is 2.13. The standard InChI is InChI=1S/C3H7IS/c1-3(4)2-5/h3,5H,2H2,1H3. The van der Waals surface area contributed by atoms with E-state index in [1.165, 1.54) is 0 Å². The molecule has 0 nitrogen and oxygen atoms in total. The van der Waals surface area contributed by atoms with Gasteiger partial charge < -0.3 is 0 Å². The quantitative estimate of drug-likeness (QED) is 0.373. The number of halogens is 1. The van der Waals surface area contributed by atoms with E-state index in [1.807, 2.05) is 0 Å². The van der Waals surface area contributed by atoms with Crippen molar-refractivity contribution in [3.8, 4) is 0 Å². The molecular weight excluding hydrogens is 195 g/mol. The molecule has 1 unspecified atom stereocenters. The van der Waals surface area contributed by atoms with Crippen LogP contribution in [0.4, 0.5) is 0 Å². The molecule has 0 radical (unpaired) electrons. The molecule has 2 heteroatoms. The minimum absolute atomic E-state index is 0.718. The van der Waals surface area contributed by atoms with Gasteiger partial charge in [-0.3, -0.25) is 0 Å². The van der Waals surface area contributed by atoms with E-state index in [9.17, 15) is 0 Å². The highest BCUT2D eigenvalue weighted by Gasteiger charge is 1.83. The van der Waals surface area contributed by atoms with Crippen LogP contribution in [-0.4, -0.2) is 9.68 Å². The van der Waals surface area contributed by atoms with Gasteiger partial charge in [0.25, 0.3) is 0 Å². The van der Waals surface area contributed by atoms with Gasteiger partial charge in [-0.2, -0.15) is 12.6 Å². The molecule has 0 amide bonds. The van der Waals surface area contributed by atoms with Gasteiger partial charge in [0.05, 0.1) is 0 Å². The van der Waals surface area contributed by atoms with Gasteiger partial charge in [0, 0.05) is 9.68 Å². The van der Waals surface area contributed by atoms with Crippen LogP contribution < -0.4 is 0 Å². The molecule has 0 aromatic heterocycles. The van der Waals surface area contributed by atoms with Crippen LogP contribution in [0, 0.1) is 0 Å². The van der Waals surface area contributed by atoms with Crippen LogP contribution in [0.15, 0.2) is 0 Å². The van der Waals surface area contributed by atoms with E-state index in [4.69, 9.17) is 0 Å². The third-order valence-corrected chi connectivity index (χ3v) is 1.94. The first-order chi connectivity index (χ1) is 2.27. The molecule has 1 atom stereocenters. The SMILES string of the molecule is CC(I)CS. The maximum atomic E-state index is 4.01. The number of rotatable bonds is 1. The van der Waals surface area contributed by atoms with Crippen molar-refractivity contribution in [2.45, 2.75) is 10.8 Å². The molecule has 0 aromatic rings. The maximum Gasteiger partial charge on any atom is 0.0169 e. The third-order valence-electron chi connectivity index (χ3n) is 0.252. The van der Waals surface area contributed by atoms with Crippen molar-refractivity contribution in [2.24, 2.45) is 0 Å². The minimum Gasteiger partial charge on any atom is -0.178 e. The molecular formula is C3H7IS. The molecule has 0 bridgehead atoms. The Balaban J connectivity index is 2.54. The molecule has 0 rings (SSSR count). The Labute approximate surface area is 51.9 Å². The summed E-state index contributed by atoms with van der Waals surface area (Å²) in [5.74, 6) is 0.987. The van der Waals surface area contributed by atoms with Crippen LogP contribution in [0.25, 0.3) is 0 Å². The fourth-order valence-electron chi connectivity index (χ4n) is 0. The highest BCUT2D eigenvalue weighted by molar-refractivity contribution is 14.1. The van der Waals surface area contributed by atoms with E-state index in [1.54, 1.807) is 0 Å². The van der Waals surface area contributed by atoms with E-state index in [0.29, 0.717) is 0 Å². The summed E-state index contributed by atoms with van der Waals surface area (Å²) < 4.78 is 0.718. The molecule has 0 fully saturated rings. The topological polar surface area (TPSA) is 0 Å². The monoisotopic (exact) mass is 202 g/mol. The number of hydrogen-bond donors (Lipinski definition) is 1. The average Bonchev–Trinajstić information content (AvgIpc) is 1.38. The molecule has 0 N–H and O–H groups in total. The van der Waals surface area contributed by atoms with Crippen molar-refractivity contribution in [1.82, 2.24) is 0 Å². The van der Waals surface area contributed by atoms with Crippen LogP contribution in [0.3, 0.4) is 0 Å². The van der Waals surface area contributed by atoms with Crippen molar-refractivity contribution in [1.29, 1.82) is 0 Å². The van der Waals surface area contributed by atoms with Crippen LogP contribution in [-0.2, 0) is 0 Å². The largest absolute Gasteiger partial charge is 0.178 e. The zero-order valence-electron chi connectivity index (χ0n) is 3.11. The molecule has 0 aliphatic heterocycles. The predicted octanol–water partition coefficient (Wildman–Crippen LogP) is 1.74. The first kappa shape index (κ1) is 6.08. The summed E-state index contributed by atoms with van der Waals surface area (Å²) in [4.78, 5) is 0. The molecule has 5 heavy (non-hydrogen) atoms. The summed E-state index contributed by atoms with van der Waals surface area (Å²) >= 11 is 6.34. The summed E-state index contributed by atoms with van der Waals surface area (Å²) in [6.07, 6.45) is 0. The van der Waals surface area contributed by atoms with Crippen molar-refractivity contribution in [3.05, 3.63) is 0 Å². The van der Waals surface area contributed by atoms with Gasteiger partial charge >= 0.3 is 0 Å². The Bertz CT molecular complexity index is 20.9. The second kappa shape index (κ2) is 3.28. The fourth-order valence-corrected chi connectivity index (χ4v) is 0. The summed E-state index contributed by atoms with van der Waals surface area (Å²) in [5.41, 5.74) is 0. The lowest BCUT2D eigenvalue weighted by Gasteiger charge is -1.87. The molecule has 0 aliphatic carbocycles. The molecule has 0 saturated carbocycles. The van der Waals surface area contributed by atoms with Crippen LogP contribution in [0.2, 0.25) is 0 Å². The lowest BCUT2D eigenvalue weighted by molar-refractivity contribution is 1.19. The Morgan fingerprint density at radius 1 is 2.00 bits per heavy atom. The van der Waals surface area contributed by atoms with Gasteiger partial charge in [-0.15, -0.1) is 0 Å². The number of alkyl halides is 1.